The summed E-state index contributed by atoms with van der Waals surface area (Å²) in [7, 11) is 0. The summed E-state index contributed by atoms with van der Waals surface area (Å²) in [5, 5.41) is 7.32. The first-order valence-corrected chi connectivity index (χ1v) is 6.56. The third-order valence-corrected chi connectivity index (χ3v) is 3.46. The lowest BCUT2D eigenvalue weighted by Gasteiger charge is -2.28. The van der Waals surface area contributed by atoms with Crippen molar-refractivity contribution in [3.8, 4) is 5.75 Å². The van der Waals surface area contributed by atoms with Crippen LogP contribution in [0, 0.1) is 5.92 Å². The summed E-state index contributed by atoms with van der Waals surface area (Å²) in [6, 6.07) is 7.90. The Morgan fingerprint density at radius 1 is 1.26 bits per heavy atom. The van der Waals surface area contributed by atoms with Crippen LogP contribution in [0.5, 0.6) is 5.75 Å². The number of ether oxygens (including phenoxy) is 1. The number of amides is 1. The number of nitrogens with one attached hydrogen (secondary N) is 2. The molecule has 2 N–H and O–H groups in total. The van der Waals surface area contributed by atoms with Crippen molar-refractivity contribution >= 4 is 11.6 Å². The minimum Gasteiger partial charge on any atom is -0.488 e. The van der Waals surface area contributed by atoms with E-state index in [2.05, 4.69) is 15.8 Å². The molecule has 5 heteroatoms. The smallest absolute Gasteiger partial charge is 0.240 e. The number of benzene rings is 1. The van der Waals surface area contributed by atoms with Crippen molar-refractivity contribution in [3.63, 3.8) is 0 Å². The molecule has 2 heterocycles. The highest BCUT2D eigenvalue weighted by molar-refractivity contribution is 6.05. The van der Waals surface area contributed by atoms with Gasteiger partial charge in [0, 0.05) is 25.4 Å². The normalized spacial score (nSPS) is 23.3. The van der Waals surface area contributed by atoms with Gasteiger partial charge in [0.1, 0.15) is 11.9 Å². The van der Waals surface area contributed by atoms with Crippen molar-refractivity contribution in [2.75, 3.05) is 13.1 Å². The van der Waals surface area contributed by atoms with Crippen LogP contribution in [0.25, 0.3) is 0 Å². The van der Waals surface area contributed by atoms with E-state index in [1.807, 2.05) is 31.2 Å². The van der Waals surface area contributed by atoms with E-state index >= 15 is 0 Å². The second-order valence-corrected chi connectivity index (χ2v) is 5.06. The van der Waals surface area contributed by atoms with Gasteiger partial charge in [-0.2, -0.15) is 5.10 Å². The fourth-order valence-corrected chi connectivity index (χ4v) is 2.24. The molecule has 0 spiro atoms. The van der Waals surface area contributed by atoms with Crippen LogP contribution in [0.15, 0.2) is 29.4 Å². The predicted molar refractivity (Wildman–Crippen MR) is 72.2 cm³/mol. The molecule has 3 rings (SSSR count). The Balaban J connectivity index is 1.72. The minimum absolute atomic E-state index is 0.0197. The first-order chi connectivity index (χ1) is 9.22. The Morgan fingerprint density at radius 3 is 2.58 bits per heavy atom. The highest BCUT2D eigenvalue weighted by Crippen LogP contribution is 2.20. The molecule has 5 nitrogen and oxygen atoms in total. The summed E-state index contributed by atoms with van der Waals surface area (Å²) >= 11 is 0. The number of carbonyl (C=O) groups is 1. The van der Waals surface area contributed by atoms with Gasteiger partial charge in [0.15, 0.2) is 0 Å². The highest BCUT2D eigenvalue weighted by atomic mass is 16.5. The standard InChI is InChI=1S/C14H17N3O2/c1-9-6-13(18)16-17-14(9)10-2-4-11(5-3-10)19-12-7-15-8-12/h2-5,9,12,15H,6-8H2,1H3,(H,16,18). The lowest BCUT2D eigenvalue weighted by Crippen LogP contribution is -2.50. The number of nitrogens with zero attached hydrogens (tertiary/aromatic N) is 1. The molecule has 19 heavy (non-hydrogen) atoms. The van der Waals surface area contributed by atoms with Gasteiger partial charge in [0.05, 0.1) is 5.71 Å². The summed E-state index contributed by atoms with van der Waals surface area (Å²) in [5.41, 5.74) is 4.50. The molecule has 0 bridgehead atoms. The Morgan fingerprint density at radius 2 is 2.00 bits per heavy atom. The van der Waals surface area contributed by atoms with E-state index in [1.54, 1.807) is 0 Å². The van der Waals surface area contributed by atoms with Gasteiger partial charge in [0.2, 0.25) is 5.91 Å². The molecule has 1 aromatic carbocycles. The Labute approximate surface area is 112 Å². The molecule has 2 aliphatic rings. The zero-order chi connectivity index (χ0) is 13.2. The van der Waals surface area contributed by atoms with Gasteiger partial charge >= 0.3 is 0 Å². The van der Waals surface area contributed by atoms with E-state index in [0.29, 0.717) is 6.42 Å². The highest BCUT2D eigenvalue weighted by Gasteiger charge is 2.22. The summed E-state index contributed by atoms with van der Waals surface area (Å²) < 4.78 is 5.76. The minimum atomic E-state index is -0.0197. The summed E-state index contributed by atoms with van der Waals surface area (Å²) in [6.07, 6.45) is 0.779. The first-order valence-electron chi connectivity index (χ1n) is 6.56. The maximum absolute atomic E-state index is 11.2. The molecule has 1 fully saturated rings. The van der Waals surface area contributed by atoms with Crippen LogP contribution in [0.4, 0.5) is 0 Å². The largest absolute Gasteiger partial charge is 0.488 e. The molecule has 1 unspecified atom stereocenters. The van der Waals surface area contributed by atoms with Crippen LogP contribution in [0.3, 0.4) is 0 Å². The number of hydrazone groups is 1. The van der Waals surface area contributed by atoms with Crippen molar-refractivity contribution in [2.24, 2.45) is 11.0 Å². The topological polar surface area (TPSA) is 62.7 Å². The van der Waals surface area contributed by atoms with Gasteiger partial charge in [0.25, 0.3) is 0 Å². The van der Waals surface area contributed by atoms with E-state index in [4.69, 9.17) is 4.74 Å². The van der Waals surface area contributed by atoms with E-state index in [9.17, 15) is 4.79 Å². The summed E-state index contributed by atoms with van der Waals surface area (Å²) in [5.74, 6) is 1.01. The van der Waals surface area contributed by atoms with Crippen molar-refractivity contribution < 1.29 is 9.53 Å². The molecule has 2 aliphatic heterocycles. The van der Waals surface area contributed by atoms with Gasteiger partial charge in [-0.15, -0.1) is 0 Å². The maximum Gasteiger partial charge on any atom is 0.240 e. The van der Waals surface area contributed by atoms with Crippen LogP contribution in [0.2, 0.25) is 0 Å². The number of hydrogen-bond acceptors (Lipinski definition) is 4. The van der Waals surface area contributed by atoms with Crippen molar-refractivity contribution in [1.82, 2.24) is 10.7 Å². The first kappa shape index (κ1) is 12.2. The quantitative estimate of drug-likeness (QED) is 0.847. The van der Waals surface area contributed by atoms with Gasteiger partial charge in [-0.05, 0) is 29.8 Å². The molecule has 1 atom stereocenters. The predicted octanol–water partition coefficient (Wildman–Crippen LogP) is 0.897. The number of rotatable bonds is 3. The molecule has 0 radical (unpaired) electrons. The van der Waals surface area contributed by atoms with Gasteiger partial charge in [-0.1, -0.05) is 6.92 Å². The molecule has 0 aliphatic carbocycles. The van der Waals surface area contributed by atoms with Crippen molar-refractivity contribution in [3.05, 3.63) is 29.8 Å². The fourth-order valence-electron chi connectivity index (χ4n) is 2.24. The van der Waals surface area contributed by atoms with E-state index in [-0.39, 0.29) is 17.9 Å². The van der Waals surface area contributed by atoms with Crippen LogP contribution in [-0.4, -0.2) is 30.8 Å². The van der Waals surface area contributed by atoms with Gasteiger partial charge < -0.3 is 10.1 Å². The Bertz CT molecular complexity index is 506. The summed E-state index contributed by atoms with van der Waals surface area (Å²) in [4.78, 5) is 11.2. The van der Waals surface area contributed by atoms with Crippen LogP contribution in [0.1, 0.15) is 18.9 Å². The third-order valence-electron chi connectivity index (χ3n) is 3.46. The average molecular weight is 259 g/mol. The SMILES string of the molecule is CC1CC(=O)NN=C1c1ccc(OC2CNC2)cc1. The van der Waals surface area contributed by atoms with Gasteiger partial charge in [-0.25, -0.2) is 5.43 Å². The zero-order valence-electron chi connectivity index (χ0n) is 10.8. The second-order valence-electron chi connectivity index (χ2n) is 5.06. The molecule has 1 saturated heterocycles. The zero-order valence-corrected chi connectivity index (χ0v) is 10.8. The molecule has 1 amide bonds. The fraction of sp³-hybridized carbons (Fsp3) is 0.429. The number of hydrogen-bond donors (Lipinski definition) is 2. The lowest BCUT2D eigenvalue weighted by molar-refractivity contribution is -0.121. The molecular weight excluding hydrogens is 242 g/mol. The maximum atomic E-state index is 11.2. The van der Waals surface area contributed by atoms with Gasteiger partial charge in [-0.3, -0.25) is 4.79 Å². The van der Waals surface area contributed by atoms with Crippen LogP contribution < -0.4 is 15.5 Å². The van der Waals surface area contributed by atoms with E-state index in [0.717, 1.165) is 30.1 Å². The molecule has 1 aromatic rings. The monoisotopic (exact) mass is 259 g/mol. The van der Waals surface area contributed by atoms with Crippen LogP contribution >= 0.6 is 0 Å². The van der Waals surface area contributed by atoms with Crippen LogP contribution in [-0.2, 0) is 4.79 Å². The van der Waals surface area contributed by atoms with E-state index in [1.165, 1.54) is 0 Å². The molecule has 100 valence electrons. The van der Waals surface area contributed by atoms with E-state index < -0.39 is 0 Å². The molecule has 0 saturated carbocycles. The third kappa shape index (κ3) is 2.61. The van der Waals surface area contributed by atoms with Crippen molar-refractivity contribution in [2.45, 2.75) is 19.4 Å². The average Bonchev–Trinajstić information content (AvgIpc) is 2.35. The molecular formula is C14H17N3O2. The number of carbonyl (C=O) groups excluding carboxylic acids is 1. The second kappa shape index (κ2) is 5.01. The molecule has 0 aromatic heterocycles. The Kier molecular flexibility index (Phi) is 3.21. The Hall–Kier alpha value is -1.88. The lowest BCUT2D eigenvalue weighted by atomic mass is 9.94. The summed E-state index contributed by atoms with van der Waals surface area (Å²) in [6.45, 7) is 3.84. The van der Waals surface area contributed by atoms with Crippen molar-refractivity contribution in [1.29, 1.82) is 0 Å².